The van der Waals surface area contributed by atoms with Gasteiger partial charge < -0.3 is 14.0 Å². The van der Waals surface area contributed by atoms with Crippen molar-refractivity contribution in [3.8, 4) is 11.5 Å². The van der Waals surface area contributed by atoms with E-state index >= 15 is 0 Å². The van der Waals surface area contributed by atoms with Gasteiger partial charge in [-0.05, 0) is 71.7 Å². The fraction of sp³-hybridized carbons (Fsp3) is 0.269. The van der Waals surface area contributed by atoms with E-state index in [0.29, 0.717) is 37.4 Å². The van der Waals surface area contributed by atoms with Crippen LogP contribution in [0.1, 0.15) is 16.7 Å². The lowest BCUT2D eigenvalue weighted by molar-refractivity contribution is -0.136. The number of rotatable bonds is 13. The highest BCUT2D eigenvalue weighted by molar-refractivity contribution is 8.00. The molecule has 3 rings (SSSR count). The molecule has 3 aromatic carbocycles. The summed E-state index contributed by atoms with van der Waals surface area (Å²) in [4.78, 5) is 11.7. The van der Waals surface area contributed by atoms with E-state index in [-0.39, 0.29) is 11.6 Å². The van der Waals surface area contributed by atoms with E-state index in [2.05, 4.69) is 0 Å². The van der Waals surface area contributed by atoms with Gasteiger partial charge >= 0.3 is 16.1 Å². The third-order valence-corrected chi connectivity index (χ3v) is 6.78. The van der Waals surface area contributed by atoms with Crippen LogP contribution in [-0.2, 0) is 34.2 Å². The molecule has 1 atom stereocenters. The molecule has 0 heterocycles. The Bertz CT molecular complexity index is 1190. The minimum Gasteiger partial charge on any atom is -0.493 e. The van der Waals surface area contributed by atoms with Crippen molar-refractivity contribution in [1.82, 2.24) is 0 Å². The molecule has 0 spiro atoms. The zero-order valence-electron chi connectivity index (χ0n) is 19.2. The Balaban J connectivity index is 1.43. The average Bonchev–Trinajstić information content (AvgIpc) is 2.81. The molecule has 0 saturated heterocycles. The fourth-order valence-corrected chi connectivity index (χ4v) is 4.85. The molecule has 0 fully saturated rings. The van der Waals surface area contributed by atoms with Gasteiger partial charge in [0.1, 0.15) is 22.6 Å². The molecule has 0 aliphatic carbocycles. The monoisotopic (exact) mass is 518 g/mol. The van der Waals surface area contributed by atoms with Crippen LogP contribution in [0.4, 0.5) is 4.39 Å². The minimum absolute atomic E-state index is 0.226. The van der Waals surface area contributed by atoms with Crippen molar-refractivity contribution in [2.75, 3.05) is 18.6 Å². The summed E-state index contributed by atoms with van der Waals surface area (Å²) in [6.07, 6.45) is 2.75. The number of aliphatic carboxylic acids is 1. The number of halogens is 1. The van der Waals surface area contributed by atoms with E-state index in [4.69, 9.17) is 8.92 Å². The van der Waals surface area contributed by atoms with E-state index in [1.165, 1.54) is 36.0 Å². The number of carboxylic acid groups (broad SMARTS) is 1. The van der Waals surface area contributed by atoms with Gasteiger partial charge in [-0.2, -0.15) is 8.42 Å². The topological polar surface area (TPSA) is 89.9 Å². The number of ether oxygens (including phenoxy) is 1. The van der Waals surface area contributed by atoms with Gasteiger partial charge in [0, 0.05) is 6.42 Å². The lowest BCUT2D eigenvalue weighted by Crippen LogP contribution is -2.20. The summed E-state index contributed by atoms with van der Waals surface area (Å²) in [5.41, 5.74) is 2.98. The molecule has 0 aromatic heterocycles. The van der Waals surface area contributed by atoms with Gasteiger partial charge in [0.15, 0.2) is 0 Å². The van der Waals surface area contributed by atoms with E-state index in [1.807, 2.05) is 24.3 Å². The van der Waals surface area contributed by atoms with Crippen LogP contribution < -0.4 is 8.92 Å². The number of carbonyl (C=O) groups is 1. The summed E-state index contributed by atoms with van der Waals surface area (Å²) in [5, 5.41) is 9.04. The van der Waals surface area contributed by atoms with E-state index < -0.39 is 21.3 Å². The van der Waals surface area contributed by atoms with Gasteiger partial charge in [-0.3, -0.25) is 4.79 Å². The van der Waals surface area contributed by atoms with Crippen LogP contribution in [0.25, 0.3) is 0 Å². The molecule has 0 bridgehead atoms. The Morgan fingerprint density at radius 1 is 0.886 bits per heavy atom. The normalized spacial score (nSPS) is 12.2. The van der Waals surface area contributed by atoms with Gasteiger partial charge in [-0.1, -0.05) is 36.4 Å². The van der Waals surface area contributed by atoms with Crippen LogP contribution in [0, 0.1) is 5.82 Å². The van der Waals surface area contributed by atoms with Gasteiger partial charge in [-0.15, -0.1) is 11.8 Å². The first-order valence-corrected chi connectivity index (χ1v) is 13.8. The number of thioether (sulfide) groups is 1. The highest BCUT2D eigenvalue weighted by atomic mass is 32.2. The molecule has 35 heavy (non-hydrogen) atoms. The first-order valence-electron chi connectivity index (χ1n) is 11.0. The van der Waals surface area contributed by atoms with Crippen LogP contribution in [0.15, 0.2) is 72.8 Å². The molecule has 6 nitrogen and oxygen atoms in total. The lowest BCUT2D eigenvalue weighted by atomic mass is 10.1. The largest absolute Gasteiger partial charge is 0.493 e. The first kappa shape index (κ1) is 26.6. The van der Waals surface area contributed by atoms with Crippen molar-refractivity contribution < 1.29 is 31.6 Å². The van der Waals surface area contributed by atoms with Gasteiger partial charge in [0.2, 0.25) is 0 Å². The summed E-state index contributed by atoms with van der Waals surface area (Å²) < 4.78 is 45.8. The third-order valence-electron chi connectivity index (χ3n) is 5.07. The van der Waals surface area contributed by atoms with Crippen LogP contribution in [0.3, 0.4) is 0 Å². The van der Waals surface area contributed by atoms with E-state index in [1.54, 1.807) is 24.3 Å². The Hall–Kier alpha value is -3.04. The van der Waals surface area contributed by atoms with Crippen molar-refractivity contribution >= 4 is 27.8 Å². The second kappa shape index (κ2) is 12.6. The summed E-state index contributed by atoms with van der Waals surface area (Å²) in [6.45, 7) is 0.433. The standard InChI is InChI=1S/C26H27FO6S2/c1-35(30,31)33-24-12-10-23(11-13-24)32-16-14-19-2-4-21(5-3-19)18-25(26(28)29)34-17-15-20-6-8-22(27)9-7-20/h2-13,25H,14-18H2,1H3,(H,28,29). The smallest absolute Gasteiger partial charge is 0.316 e. The maximum absolute atomic E-state index is 13.0. The highest BCUT2D eigenvalue weighted by Crippen LogP contribution is 2.21. The molecule has 0 amide bonds. The zero-order chi connectivity index (χ0) is 25.3. The number of hydrogen-bond donors (Lipinski definition) is 1. The molecule has 1 unspecified atom stereocenters. The number of benzene rings is 3. The van der Waals surface area contributed by atoms with Crippen molar-refractivity contribution in [1.29, 1.82) is 0 Å². The SMILES string of the molecule is CS(=O)(=O)Oc1ccc(OCCc2ccc(CC(SCCc3ccc(F)cc3)C(=O)O)cc2)cc1. The number of hydrogen-bond acceptors (Lipinski definition) is 6. The van der Waals surface area contributed by atoms with Gasteiger partial charge in [-0.25, -0.2) is 4.39 Å². The minimum atomic E-state index is -3.56. The quantitative estimate of drug-likeness (QED) is 0.326. The summed E-state index contributed by atoms with van der Waals surface area (Å²) >= 11 is 1.39. The Morgan fingerprint density at radius 3 is 2.03 bits per heavy atom. The molecular formula is C26H27FO6S2. The molecule has 3 aromatic rings. The van der Waals surface area contributed by atoms with Crippen molar-refractivity contribution in [3.05, 3.63) is 95.3 Å². The molecule has 0 radical (unpaired) electrons. The molecule has 186 valence electrons. The first-order chi connectivity index (χ1) is 16.7. The number of carboxylic acids is 1. The average molecular weight is 519 g/mol. The second-order valence-electron chi connectivity index (χ2n) is 7.95. The Kier molecular flexibility index (Phi) is 9.56. The van der Waals surface area contributed by atoms with Crippen LogP contribution in [-0.4, -0.2) is 43.4 Å². The van der Waals surface area contributed by atoms with Crippen molar-refractivity contribution in [3.63, 3.8) is 0 Å². The Labute approximate surface area is 209 Å². The van der Waals surface area contributed by atoms with Gasteiger partial charge in [0.25, 0.3) is 0 Å². The summed E-state index contributed by atoms with van der Waals surface area (Å²) in [6, 6.07) is 20.4. The van der Waals surface area contributed by atoms with Crippen LogP contribution in [0.2, 0.25) is 0 Å². The predicted molar refractivity (Wildman–Crippen MR) is 135 cm³/mol. The maximum Gasteiger partial charge on any atom is 0.316 e. The molecule has 0 saturated carbocycles. The maximum atomic E-state index is 13.0. The fourth-order valence-electron chi connectivity index (χ4n) is 3.30. The van der Waals surface area contributed by atoms with Crippen LogP contribution in [0.5, 0.6) is 11.5 Å². The third kappa shape index (κ3) is 9.62. The van der Waals surface area contributed by atoms with Gasteiger partial charge in [0.05, 0.1) is 12.9 Å². The molecule has 0 aliphatic heterocycles. The summed E-state index contributed by atoms with van der Waals surface area (Å²) in [7, 11) is -3.56. The Morgan fingerprint density at radius 2 is 1.43 bits per heavy atom. The van der Waals surface area contributed by atoms with Crippen molar-refractivity contribution in [2.24, 2.45) is 0 Å². The molecular weight excluding hydrogens is 491 g/mol. The molecule has 0 aliphatic rings. The lowest BCUT2D eigenvalue weighted by Gasteiger charge is -2.13. The number of aryl methyl sites for hydroxylation is 1. The molecule has 1 N–H and O–H groups in total. The van der Waals surface area contributed by atoms with Crippen LogP contribution >= 0.6 is 11.8 Å². The van der Waals surface area contributed by atoms with E-state index in [0.717, 1.165) is 22.9 Å². The van der Waals surface area contributed by atoms with E-state index in [9.17, 15) is 22.7 Å². The summed E-state index contributed by atoms with van der Waals surface area (Å²) in [5.74, 6) is 0.336. The second-order valence-corrected chi connectivity index (χ2v) is 10.8. The zero-order valence-corrected chi connectivity index (χ0v) is 20.9. The molecule has 9 heteroatoms. The predicted octanol–water partition coefficient (Wildman–Crippen LogP) is 4.76. The van der Waals surface area contributed by atoms with Crippen molar-refractivity contribution in [2.45, 2.75) is 24.5 Å². The highest BCUT2D eigenvalue weighted by Gasteiger charge is 2.18.